The molecule has 1 unspecified atom stereocenters. The number of methoxy groups -OCH3 is 3. The van der Waals surface area contributed by atoms with Gasteiger partial charge in [0.25, 0.3) is 0 Å². The molecule has 7 nitrogen and oxygen atoms in total. The quantitative estimate of drug-likeness (QED) is 0.301. The highest BCUT2D eigenvalue weighted by Gasteiger charge is 2.34. The van der Waals surface area contributed by atoms with E-state index in [9.17, 15) is 5.11 Å². The van der Waals surface area contributed by atoms with Gasteiger partial charge in [-0.1, -0.05) is 42.5 Å². The van der Waals surface area contributed by atoms with Gasteiger partial charge in [-0.05, 0) is 47.9 Å². The number of phenols is 1. The van der Waals surface area contributed by atoms with Gasteiger partial charge in [0.2, 0.25) is 0 Å². The first-order chi connectivity index (χ1) is 18.0. The smallest absolute Gasteiger partial charge is 0.194 e. The average Bonchev–Trinajstić information content (AvgIpc) is 3.38. The van der Waals surface area contributed by atoms with E-state index in [1.165, 1.54) is 0 Å². The van der Waals surface area contributed by atoms with E-state index in [4.69, 9.17) is 31.5 Å². The molecule has 1 atom stereocenters. The van der Waals surface area contributed by atoms with E-state index in [1.54, 1.807) is 26.3 Å². The molecule has 1 heterocycles. The van der Waals surface area contributed by atoms with Gasteiger partial charge in [0.05, 0.1) is 38.8 Å². The highest BCUT2D eigenvalue weighted by molar-refractivity contribution is 7.80. The van der Waals surface area contributed by atoms with Crippen LogP contribution in [-0.4, -0.2) is 42.3 Å². The lowest BCUT2D eigenvalue weighted by Crippen LogP contribution is -2.31. The highest BCUT2D eigenvalue weighted by Crippen LogP contribution is 2.41. The van der Waals surface area contributed by atoms with E-state index in [0.717, 1.165) is 27.7 Å². The number of thiocarbonyl (C=S) groups is 1. The summed E-state index contributed by atoms with van der Waals surface area (Å²) in [6, 6.07) is 24.6. The number of phenolic OH excluding ortho intramolecular Hbond substituents is 1. The summed E-state index contributed by atoms with van der Waals surface area (Å²) < 4.78 is 16.6. The van der Waals surface area contributed by atoms with Crippen LogP contribution in [-0.2, 0) is 0 Å². The summed E-state index contributed by atoms with van der Waals surface area (Å²) in [5.74, 6) is 2.21. The van der Waals surface area contributed by atoms with Crippen LogP contribution in [0.2, 0.25) is 0 Å². The third-order valence-electron chi connectivity index (χ3n) is 6.48. The Kier molecular flexibility index (Phi) is 6.83. The second-order valence-corrected chi connectivity index (χ2v) is 8.92. The Balaban J connectivity index is 1.57. The van der Waals surface area contributed by atoms with E-state index in [-0.39, 0.29) is 11.8 Å². The molecule has 4 aromatic carbocycles. The molecule has 1 aliphatic heterocycles. The molecular weight excluding hydrogens is 486 g/mol. The lowest BCUT2D eigenvalue weighted by atomic mass is 9.95. The van der Waals surface area contributed by atoms with Crippen molar-refractivity contribution in [1.29, 1.82) is 0 Å². The van der Waals surface area contributed by atoms with E-state index in [1.807, 2.05) is 78.9 Å². The molecule has 0 bridgehead atoms. The van der Waals surface area contributed by atoms with Gasteiger partial charge in [-0.15, -0.1) is 0 Å². The third-order valence-corrected chi connectivity index (χ3v) is 6.77. The van der Waals surface area contributed by atoms with Crippen LogP contribution in [0, 0.1) is 0 Å². The molecule has 0 spiro atoms. The summed E-state index contributed by atoms with van der Waals surface area (Å²) in [7, 11) is 4.86. The van der Waals surface area contributed by atoms with Crippen molar-refractivity contribution in [3.63, 3.8) is 0 Å². The monoisotopic (exact) mass is 513 g/mol. The number of benzene rings is 4. The molecule has 4 aromatic rings. The van der Waals surface area contributed by atoms with Crippen LogP contribution in [0.5, 0.6) is 23.0 Å². The SMILES string of the molecule is COc1ccc(C2CC(c3ccc4ccccc4c3O)=NN2C(=S)Nc2ccccc2OC)c(OC)c1. The first kappa shape index (κ1) is 24.4. The van der Waals surface area contributed by atoms with Gasteiger partial charge in [0, 0.05) is 29.0 Å². The largest absolute Gasteiger partial charge is 0.507 e. The Bertz CT molecular complexity index is 1500. The van der Waals surface area contributed by atoms with Crippen molar-refractivity contribution in [2.45, 2.75) is 12.5 Å². The molecule has 0 radical (unpaired) electrons. The van der Waals surface area contributed by atoms with Crippen molar-refractivity contribution in [1.82, 2.24) is 5.01 Å². The number of rotatable bonds is 6. The zero-order chi connectivity index (χ0) is 25.9. The van der Waals surface area contributed by atoms with E-state index < -0.39 is 0 Å². The highest BCUT2D eigenvalue weighted by atomic mass is 32.1. The first-order valence-electron chi connectivity index (χ1n) is 11.8. The van der Waals surface area contributed by atoms with Crippen LogP contribution in [0.3, 0.4) is 0 Å². The van der Waals surface area contributed by atoms with Gasteiger partial charge in [-0.3, -0.25) is 0 Å². The number of nitrogens with one attached hydrogen (secondary N) is 1. The van der Waals surface area contributed by atoms with Crippen LogP contribution in [0.15, 0.2) is 84.0 Å². The van der Waals surface area contributed by atoms with E-state index in [0.29, 0.717) is 34.3 Å². The fourth-order valence-corrected chi connectivity index (χ4v) is 4.88. The van der Waals surface area contributed by atoms with Crippen LogP contribution in [0.4, 0.5) is 5.69 Å². The lowest BCUT2D eigenvalue weighted by Gasteiger charge is -2.26. The van der Waals surface area contributed by atoms with E-state index in [2.05, 4.69) is 5.32 Å². The summed E-state index contributed by atoms with van der Waals surface area (Å²) in [5, 5.41) is 23.2. The predicted molar refractivity (Wildman–Crippen MR) is 150 cm³/mol. The lowest BCUT2D eigenvalue weighted by molar-refractivity contribution is 0.346. The van der Waals surface area contributed by atoms with Crippen molar-refractivity contribution in [3.8, 4) is 23.0 Å². The van der Waals surface area contributed by atoms with Gasteiger partial charge in [0.15, 0.2) is 5.11 Å². The average molecular weight is 514 g/mol. The molecule has 1 aliphatic rings. The minimum atomic E-state index is -0.281. The Hall–Kier alpha value is -4.30. The zero-order valence-corrected chi connectivity index (χ0v) is 21.6. The van der Waals surface area contributed by atoms with Gasteiger partial charge in [-0.25, -0.2) is 5.01 Å². The summed E-state index contributed by atoms with van der Waals surface area (Å²) >= 11 is 5.85. The number of anilines is 1. The molecule has 0 aliphatic carbocycles. The first-order valence-corrected chi connectivity index (χ1v) is 12.2. The molecule has 0 amide bonds. The predicted octanol–water partition coefficient (Wildman–Crippen LogP) is 6.12. The molecule has 0 saturated carbocycles. The Morgan fingerprint density at radius 3 is 2.46 bits per heavy atom. The number of para-hydroxylation sites is 2. The molecule has 0 fully saturated rings. The maximum Gasteiger partial charge on any atom is 0.194 e. The summed E-state index contributed by atoms with van der Waals surface area (Å²) in [5.41, 5.74) is 3.01. The fraction of sp³-hybridized carbons (Fsp3) is 0.172. The van der Waals surface area contributed by atoms with E-state index >= 15 is 0 Å². The number of hydrogen-bond donors (Lipinski definition) is 2. The van der Waals surface area contributed by atoms with Crippen molar-refractivity contribution in [3.05, 3.63) is 90.0 Å². The molecule has 5 rings (SSSR count). The number of ether oxygens (including phenoxy) is 3. The summed E-state index contributed by atoms with van der Waals surface area (Å²) in [4.78, 5) is 0. The Morgan fingerprint density at radius 1 is 0.919 bits per heavy atom. The molecule has 188 valence electrons. The third kappa shape index (κ3) is 4.63. The second kappa shape index (κ2) is 10.4. The van der Waals surface area contributed by atoms with Crippen LogP contribution < -0.4 is 19.5 Å². The van der Waals surface area contributed by atoms with Crippen LogP contribution >= 0.6 is 12.2 Å². The zero-order valence-electron chi connectivity index (χ0n) is 20.8. The van der Waals surface area contributed by atoms with Gasteiger partial charge in [-0.2, -0.15) is 5.10 Å². The molecule has 2 N–H and O–H groups in total. The maximum absolute atomic E-state index is 11.2. The number of hydrazone groups is 1. The molecule has 37 heavy (non-hydrogen) atoms. The Labute approximate surface area is 220 Å². The van der Waals surface area contributed by atoms with Gasteiger partial charge >= 0.3 is 0 Å². The minimum absolute atomic E-state index is 0.197. The van der Waals surface area contributed by atoms with Crippen LogP contribution in [0.25, 0.3) is 10.8 Å². The molecule has 0 aromatic heterocycles. The molecule has 0 saturated heterocycles. The Morgan fingerprint density at radius 2 is 1.68 bits per heavy atom. The number of aromatic hydroxyl groups is 1. The summed E-state index contributed by atoms with van der Waals surface area (Å²) in [6.07, 6.45) is 0.502. The topological polar surface area (TPSA) is 75.6 Å². The number of hydrogen-bond acceptors (Lipinski definition) is 6. The fourth-order valence-electron chi connectivity index (χ4n) is 4.60. The summed E-state index contributed by atoms with van der Waals surface area (Å²) in [6.45, 7) is 0. The second-order valence-electron chi connectivity index (χ2n) is 8.53. The maximum atomic E-state index is 11.2. The van der Waals surface area contributed by atoms with Crippen molar-refractivity contribution >= 4 is 39.5 Å². The van der Waals surface area contributed by atoms with Crippen LogP contribution in [0.1, 0.15) is 23.6 Å². The number of nitrogens with zero attached hydrogens (tertiary/aromatic N) is 2. The van der Waals surface area contributed by atoms with Gasteiger partial charge < -0.3 is 24.6 Å². The molecule has 8 heteroatoms. The molecular formula is C29H27N3O4S. The van der Waals surface area contributed by atoms with Crippen molar-refractivity contribution < 1.29 is 19.3 Å². The minimum Gasteiger partial charge on any atom is -0.507 e. The van der Waals surface area contributed by atoms with Crippen molar-refractivity contribution in [2.24, 2.45) is 5.10 Å². The number of fused-ring (bicyclic) bond motifs is 1. The van der Waals surface area contributed by atoms with Gasteiger partial charge in [0.1, 0.15) is 23.0 Å². The standard InChI is InChI=1S/C29H27N3O4S/c1-34-19-13-15-22(27(16-19)36-3)25-17-24(21-14-12-18-8-4-5-9-20(18)28(21)33)31-32(25)29(37)30-23-10-6-7-11-26(23)35-2/h4-16,25,33H,17H2,1-3H3,(H,30,37). The normalized spacial score (nSPS) is 14.8. The van der Waals surface area contributed by atoms with Crippen molar-refractivity contribution in [2.75, 3.05) is 26.6 Å².